The molecule has 2 aliphatic rings. The van der Waals surface area contributed by atoms with E-state index < -0.39 is 0 Å². The fourth-order valence-corrected chi connectivity index (χ4v) is 4.08. The Hall–Kier alpha value is -2.04. The van der Waals surface area contributed by atoms with Gasteiger partial charge in [0.1, 0.15) is 0 Å². The highest BCUT2D eigenvalue weighted by molar-refractivity contribution is 5.92. The molecule has 1 aliphatic carbocycles. The van der Waals surface area contributed by atoms with Gasteiger partial charge in [-0.25, -0.2) is 0 Å². The lowest BCUT2D eigenvalue weighted by molar-refractivity contribution is -0.118. The largest absolute Gasteiger partial charge is 0.352 e. The molecule has 2 unspecified atom stereocenters. The summed E-state index contributed by atoms with van der Waals surface area (Å²) in [4.78, 5) is 18.7. The van der Waals surface area contributed by atoms with Gasteiger partial charge >= 0.3 is 0 Å². The van der Waals surface area contributed by atoms with E-state index in [0.717, 1.165) is 43.1 Å². The smallest absolute Gasteiger partial charge is 0.226 e. The number of carbonyl (C=O) groups excluding carboxylic acids is 1. The molecule has 1 amide bonds. The Kier molecular flexibility index (Phi) is 6.17. The Bertz CT molecular complexity index is 624. The zero-order valence-corrected chi connectivity index (χ0v) is 16.3. The molecule has 0 spiro atoms. The van der Waals surface area contributed by atoms with Crippen molar-refractivity contribution in [3.8, 4) is 0 Å². The van der Waals surface area contributed by atoms with Crippen LogP contribution in [-0.4, -0.2) is 36.9 Å². The number of guanidine groups is 1. The van der Waals surface area contributed by atoms with Crippen molar-refractivity contribution in [2.75, 3.05) is 25.5 Å². The number of likely N-dealkylation sites (tertiary alicyclic amines) is 1. The molecule has 3 rings (SSSR count). The van der Waals surface area contributed by atoms with Gasteiger partial charge in [0, 0.05) is 38.3 Å². The molecule has 1 heterocycles. The van der Waals surface area contributed by atoms with Crippen LogP contribution in [0.2, 0.25) is 0 Å². The molecule has 1 aliphatic heterocycles. The third-order valence-corrected chi connectivity index (χ3v) is 5.68. The minimum absolute atomic E-state index is 0.0104. The van der Waals surface area contributed by atoms with Gasteiger partial charge in [-0.15, -0.1) is 0 Å². The first-order chi connectivity index (χ1) is 12.6. The summed E-state index contributed by atoms with van der Waals surface area (Å²) in [5.41, 5.74) is 2.03. The Balaban J connectivity index is 1.52. The highest BCUT2D eigenvalue weighted by Gasteiger charge is 2.35. The third kappa shape index (κ3) is 4.57. The number of nitrogens with zero attached hydrogens (tertiary/aromatic N) is 2. The van der Waals surface area contributed by atoms with Gasteiger partial charge in [0.25, 0.3) is 0 Å². The zero-order chi connectivity index (χ0) is 18.5. The number of hydrogen-bond acceptors (Lipinski definition) is 2. The summed E-state index contributed by atoms with van der Waals surface area (Å²) in [5, 5.41) is 6.43. The maximum atomic E-state index is 11.8. The number of carbonyl (C=O) groups is 1. The average Bonchev–Trinajstić information content (AvgIpc) is 3.07. The van der Waals surface area contributed by atoms with Crippen LogP contribution in [0.1, 0.15) is 45.1 Å². The molecule has 5 nitrogen and oxygen atoms in total. The highest BCUT2D eigenvalue weighted by atomic mass is 16.1. The van der Waals surface area contributed by atoms with E-state index >= 15 is 0 Å². The Morgan fingerprint density at radius 1 is 1.15 bits per heavy atom. The second-order valence-electron chi connectivity index (χ2n) is 7.95. The number of aliphatic imine (C=N–C) groups is 1. The molecule has 2 N–H and O–H groups in total. The lowest BCUT2D eigenvalue weighted by Crippen LogP contribution is -2.39. The molecule has 2 atom stereocenters. The SMILES string of the molecule is CN=C(NCc1ccc(NC(=O)C(C)C)cc1)N1CC2CCCCC2C1. The Labute approximate surface area is 157 Å². The van der Waals surface area contributed by atoms with Crippen LogP contribution < -0.4 is 10.6 Å². The van der Waals surface area contributed by atoms with E-state index in [4.69, 9.17) is 0 Å². The first-order valence-electron chi connectivity index (χ1n) is 9.92. The lowest BCUT2D eigenvalue weighted by Gasteiger charge is -2.22. The summed E-state index contributed by atoms with van der Waals surface area (Å²) in [7, 11) is 1.87. The quantitative estimate of drug-likeness (QED) is 0.641. The predicted molar refractivity (Wildman–Crippen MR) is 107 cm³/mol. The number of rotatable bonds is 4. The van der Waals surface area contributed by atoms with E-state index in [-0.39, 0.29) is 11.8 Å². The van der Waals surface area contributed by atoms with Crippen molar-refractivity contribution in [3.05, 3.63) is 29.8 Å². The lowest BCUT2D eigenvalue weighted by atomic mass is 9.82. The molecular weight excluding hydrogens is 324 g/mol. The summed E-state index contributed by atoms with van der Waals surface area (Å²) in [6, 6.07) is 8.04. The standard InChI is InChI=1S/C21H32N4O/c1-15(2)20(26)24-19-10-8-16(9-11-19)12-23-21(22-3)25-13-17-6-4-5-7-18(17)14-25/h8-11,15,17-18H,4-7,12-14H2,1-3H3,(H,22,23)(H,24,26). The minimum Gasteiger partial charge on any atom is -0.352 e. The summed E-state index contributed by atoms with van der Waals surface area (Å²) < 4.78 is 0. The van der Waals surface area contributed by atoms with Crippen LogP contribution in [0.5, 0.6) is 0 Å². The Morgan fingerprint density at radius 2 is 1.77 bits per heavy atom. The summed E-state index contributed by atoms with van der Waals surface area (Å²) >= 11 is 0. The van der Waals surface area contributed by atoms with Gasteiger partial charge in [0.2, 0.25) is 5.91 Å². The second-order valence-corrected chi connectivity index (χ2v) is 7.95. The van der Waals surface area contributed by atoms with Crippen molar-refractivity contribution in [2.45, 2.75) is 46.1 Å². The van der Waals surface area contributed by atoms with Crippen molar-refractivity contribution in [3.63, 3.8) is 0 Å². The minimum atomic E-state index is -0.0104. The molecule has 1 saturated carbocycles. The van der Waals surface area contributed by atoms with Crippen LogP contribution in [0.3, 0.4) is 0 Å². The first kappa shape index (κ1) is 18.7. The maximum Gasteiger partial charge on any atom is 0.226 e. The van der Waals surface area contributed by atoms with Crippen molar-refractivity contribution in [2.24, 2.45) is 22.7 Å². The molecule has 5 heteroatoms. The van der Waals surface area contributed by atoms with Gasteiger partial charge < -0.3 is 15.5 Å². The molecule has 2 fully saturated rings. The molecule has 0 aromatic heterocycles. The van der Waals surface area contributed by atoms with Crippen molar-refractivity contribution < 1.29 is 4.79 Å². The zero-order valence-electron chi connectivity index (χ0n) is 16.3. The summed E-state index contributed by atoms with van der Waals surface area (Å²) in [6.45, 7) is 6.83. The van der Waals surface area contributed by atoms with Crippen molar-refractivity contribution in [1.82, 2.24) is 10.2 Å². The van der Waals surface area contributed by atoms with E-state index in [0.29, 0.717) is 0 Å². The van der Waals surface area contributed by atoms with Gasteiger partial charge in [0.15, 0.2) is 5.96 Å². The molecule has 26 heavy (non-hydrogen) atoms. The van der Waals surface area contributed by atoms with E-state index in [1.807, 2.05) is 33.0 Å². The molecule has 1 aromatic rings. The van der Waals surface area contributed by atoms with E-state index in [2.05, 4.69) is 32.7 Å². The van der Waals surface area contributed by atoms with Gasteiger partial charge in [-0.3, -0.25) is 9.79 Å². The van der Waals surface area contributed by atoms with E-state index in [1.54, 1.807) is 0 Å². The number of fused-ring (bicyclic) bond motifs is 1. The van der Waals surface area contributed by atoms with Gasteiger partial charge in [0.05, 0.1) is 0 Å². The van der Waals surface area contributed by atoms with Crippen molar-refractivity contribution >= 4 is 17.6 Å². The van der Waals surface area contributed by atoms with E-state index in [1.165, 1.54) is 31.2 Å². The number of anilines is 1. The van der Waals surface area contributed by atoms with Crippen LogP contribution in [0.25, 0.3) is 0 Å². The average molecular weight is 357 g/mol. The number of benzene rings is 1. The topological polar surface area (TPSA) is 56.7 Å². The molecule has 0 radical (unpaired) electrons. The fraction of sp³-hybridized carbons (Fsp3) is 0.619. The summed E-state index contributed by atoms with van der Waals surface area (Å²) in [6.07, 6.45) is 5.53. The van der Waals surface area contributed by atoms with Crippen LogP contribution in [0.4, 0.5) is 5.69 Å². The fourth-order valence-electron chi connectivity index (χ4n) is 4.08. The van der Waals surface area contributed by atoms with Gasteiger partial charge in [-0.05, 0) is 42.4 Å². The van der Waals surface area contributed by atoms with Gasteiger partial charge in [-0.2, -0.15) is 0 Å². The van der Waals surface area contributed by atoms with Crippen LogP contribution in [-0.2, 0) is 11.3 Å². The number of amides is 1. The molecule has 1 saturated heterocycles. The predicted octanol–water partition coefficient (Wildman–Crippen LogP) is 3.48. The van der Waals surface area contributed by atoms with Gasteiger partial charge in [-0.1, -0.05) is 38.8 Å². The third-order valence-electron chi connectivity index (χ3n) is 5.68. The van der Waals surface area contributed by atoms with Crippen LogP contribution >= 0.6 is 0 Å². The van der Waals surface area contributed by atoms with Crippen LogP contribution in [0, 0.1) is 17.8 Å². The molecule has 142 valence electrons. The van der Waals surface area contributed by atoms with E-state index in [9.17, 15) is 4.79 Å². The number of nitrogens with one attached hydrogen (secondary N) is 2. The monoisotopic (exact) mass is 356 g/mol. The highest BCUT2D eigenvalue weighted by Crippen LogP contribution is 2.35. The summed E-state index contributed by atoms with van der Waals surface area (Å²) in [5.74, 6) is 2.75. The Morgan fingerprint density at radius 3 is 2.31 bits per heavy atom. The van der Waals surface area contributed by atoms with Crippen LogP contribution in [0.15, 0.2) is 29.3 Å². The van der Waals surface area contributed by atoms with Crippen molar-refractivity contribution in [1.29, 1.82) is 0 Å². The number of hydrogen-bond donors (Lipinski definition) is 2. The normalized spacial score (nSPS) is 23.1. The molecule has 1 aromatic carbocycles. The molecular formula is C21H32N4O. The maximum absolute atomic E-state index is 11.8. The molecule has 0 bridgehead atoms. The first-order valence-corrected chi connectivity index (χ1v) is 9.92. The second kappa shape index (κ2) is 8.56.